The van der Waals surface area contributed by atoms with E-state index in [1.54, 1.807) is 49.6 Å². The monoisotopic (exact) mass is 489 g/mol. The molecule has 0 aromatic heterocycles. The summed E-state index contributed by atoms with van der Waals surface area (Å²) < 4.78 is 19.7. The number of hydrogen-bond donors (Lipinski definition) is 2. The maximum Gasteiger partial charge on any atom is 0.228 e. The van der Waals surface area contributed by atoms with E-state index in [0.29, 0.717) is 41.8 Å². The lowest BCUT2D eigenvalue weighted by atomic mass is 9.79. The van der Waals surface area contributed by atoms with Crippen LogP contribution in [0.3, 0.4) is 0 Å². The summed E-state index contributed by atoms with van der Waals surface area (Å²) in [7, 11) is 1.59. The van der Waals surface area contributed by atoms with Crippen LogP contribution in [-0.4, -0.2) is 23.9 Å². The number of fused-ring (bicyclic) bond motifs is 1. The average Bonchev–Trinajstić information content (AvgIpc) is 2.85. The predicted molar refractivity (Wildman–Crippen MR) is 139 cm³/mol. The van der Waals surface area contributed by atoms with Gasteiger partial charge < -0.3 is 15.2 Å². The minimum absolute atomic E-state index is 0.00241. The second kappa shape index (κ2) is 10.1. The van der Waals surface area contributed by atoms with Gasteiger partial charge in [0, 0.05) is 11.5 Å². The molecule has 0 bridgehead atoms. The fourth-order valence-corrected chi connectivity index (χ4v) is 5.07. The Hall–Kier alpha value is -3.67. The van der Waals surface area contributed by atoms with Gasteiger partial charge in [-0.05, 0) is 98.2 Å². The third kappa shape index (κ3) is 5.27. The largest absolute Gasteiger partial charge is 0.506 e. The number of carbonyl (C=O) groups is 2. The van der Waals surface area contributed by atoms with Crippen LogP contribution in [-0.2, 0) is 29.7 Å². The van der Waals surface area contributed by atoms with Crippen molar-refractivity contribution in [1.82, 2.24) is 0 Å². The highest BCUT2D eigenvalue weighted by Gasteiger charge is 2.29. The van der Waals surface area contributed by atoms with E-state index in [-0.39, 0.29) is 29.8 Å². The van der Waals surface area contributed by atoms with Crippen LogP contribution in [0.4, 0.5) is 10.1 Å². The Bertz CT molecular complexity index is 1290. The first-order chi connectivity index (χ1) is 17.1. The molecule has 3 aromatic carbocycles. The summed E-state index contributed by atoms with van der Waals surface area (Å²) in [5, 5.41) is 13.4. The van der Waals surface area contributed by atoms with Crippen molar-refractivity contribution in [2.45, 2.75) is 52.1 Å². The number of benzene rings is 3. The zero-order valence-electron chi connectivity index (χ0n) is 21.2. The molecule has 1 unspecified atom stereocenters. The summed E-state index contributed by atoms with van der Waals surface area (Å²) in [5.41, 5.74) is 3.38. The number of amides is 1. The molecule has 0 spiro atoms. The van der Waals surface area contributed by atoms with Crippen LogP contribution in [0.2, 0.25) is 0 Å². The van der Waals surface area contributed by atoms with Crippen molar-refractivity contribution < 1.29 is 23.8 Å². The van der Waals surface area contributed by atoms with Crippen molar-refractivity contribution in [3.05, 3.63) is 88.0 Å². The Morgan fingerprint density at radius 2 is 1.83 bits per heavy atom. The third-order valence-electron chi connectivity index (χ3n) is 7.04. The number of phenolic OH excluding ortho intramolecular Hbond substituents is 1. The van der Waals surface area contributed by atoms with Gasteiger partial charge in [-0.1, -0.05) is 24.3 Å². The van der Waals surface area contributed by atoms with Gasteiger partial charge in [0.05, 0.1) is 19.2 Å². The molecule has 0 saturated carbocycles. The van der Waals surface area contributed by atoms with Crippen LogP contribution in [0, 0.1) is 12.8 Å². The number of nitrogens with one attached hydrogen (secondary N) is 1. The molecular weight excluding hydrogens is 457 g/mol. The van der Waals surface area contributed by atoms with Crippen LogP contribution in [0.15, 0.2) is 54.6 Å². The summed E-state index contributed by atoms with van der Waals surface area (Å²) in [6.45, 7) is 4.82. The number of aromatic hydroxyl groups is 1. The van der Waals surface area contributed by atoms with Crippen LogP contribution in [0.1, 0.15) is 58.4 Å². The lowest BCUT2D eigenvalue weighted by molar-refractivity contribution is -0.115. The highest BCUT2D eigenvalue weighted by Crippen LogP contribution is 2.38. The highest BCUT2D eigenvalue weighted by molar-refractivity contribution is 5.99. The zero-order valence-corrected chi connectivity index (χ0v) is 21.2. The number of hydrogen-bond acceptors (Lipinski definition) is 4. The molecule has 0 saturated heterocycles. The summed E-state index contributed by atoms with van der Waals surface area (Å²) in [5.74, 6) is 0.317. The molecular formula is C30H32FNO4. The van der Waals surface area contributed by atoms with E-state index >= 15 is 0 Å². The number of Topliss-reactive ketones (excluding diaryl/α,β-unsaturated/α-hetero) is 1. The lowest BCUT2D eigenvalue weighted by Crippen LogP contribution is -2.24. The van der Waals surface area contributed by atoms with Crippen LogP contribution in [0.25, 0.3) is 0 Å². The van der Waals surface area contributed by atoms with Gasteiger partial charge in [-0.2, -0.15) is 0 Å². The van der Waals surface area contributed by atoms with Gasteiger partial charge >= 0.3 is 0 Å². The maximum absolute atomic E-state index is 14.6. The summed E-state index contributed by atoms with van der Waals surface area (Å²) in [6, 6.07) is 15.8. The number of halogens is 1. The first-order valence-electron chi connectivity index (χ1n) is 12.2. The first-order valence-corrected chi connectivity index (χ1v) is 12.2. The quantitative estimate of drug-likeness (QED) is 0.311. The van der Waals surface area contributed by atoms with Crippen molar-refractivity contribution in [2.24, 2.45) is 5.92 Å². The standard InChI is InChI=1S/C30H32FNO4/c1-18-20(6-5-7-25(18)30(2,3)31)17-27(34)32-28-24-14-10-22(16-21(24)11-15-26(28)33)29(35)19-8-12-23(36-4)13-9-19/h5-9,11-13,15,22,33H,10,14,16-17H2,1-4H3,(H,32,34). The van der Waals surface area contributed by atoms with E-state index in [0.717, 1.165) is 22.3 Å². The number of carbonyl (C=O) groups excluding carboxylic acids is 2. The van der Waals surface area contributed by atoms with E-state index in [4.69, 9.17) is 4.74 Å². The maximum atomic E-state index is 14.6. The van der Waals surface area contributed by atoms with Gasteiger partial charge in [0.2, 0.25) is 5.91 Å². The highest BCUT2D eigenvalue weighted by atomic mass is 19.1. The number of alkyl halides is 1. The Morgan fingerprint density at radius 1 is 1.11 bits per heavy atom. The molecule has 1 aliphatic rings. The van der Waals surface area contributed by atoms with E-state index in [1.807, 2.05) is 19.1 Å². The second-order valence-electron chi connectivity index (χ2n) is 9.92. The van der Waals surface area contributed by atoms with Crippen LogP contribution >= 0.6 is 0 Å². The Labute approximate surface area is 211 Å². The topological polar surface area (TPSA) is 75.6 Å². The molecule has 6 heteroatoms. The average molecular weight is 490 g/mol. The Morgan fingerprint density at radius 3 is 2.50 bits per heavy atom. The molecule has 188 valence electrons. The Balaban J connectivity index is 1.51. The Kier molecular flexibility index (Phi) is 7.16. The normalized spacial score (nSPS) is 15.2. The fraction of sp³-hybridized carbons (Fsp3) is 0.333. The molecule has 0 heterocycles. The van der Waals surface area contributed by atoms with Crippen molar-refractivity contribution in [3.8, 4) is 11.5 Å². The molecule has 0 fully saturated rings. The predicted octanol–water partition coefficient (Wildman–Crippen LogP) is 6.08. The van der Waals surface area contributed by atoms with Gasteiger partial charge in [0.1, 0.15) is 17.2 Å². The summed E-state index contributed by atoms with van der Waals surface area (Å²) in [6.07, 6.45) is 1.79. The molecule has 3 aromatic rings. The third-order valence-corrected chi connectivity index (χ3v) is 7.04. The minimum atomic E-state index is -1.51. The minimum Gasteiger partial charge on any atom is -0.506 e. The molecule has 2 N–H and O–H groups in total. The van der Waals surface area contributed by atoms with Gasteiger partial charge in [-0.25, -0.2) is 4.39 Å². The van der Waals surface area contributed by atoms with E-state index < -0.39 is 5.67 Å². The van der Waals surface area contributed by atoms with Crippen LogP contribution in [0.5, 0.6) is 11.5 Å². The number of rotatable bonds is 7. The number of ketones is 1. The van der Waals surface area contributed by atoms with Crippen molar-refractivity contribution in [1.29, 1.82) is 0 Å². The summed E-state index contributed by atoms with van der Waals surface area (Å²) >= 11 is 0. The van der Waals surface area contributed by atoms with Crippen LogP contribution < -0.4 is 10.1 Å². The van der Waals surface area contributed by atoms with E-state index in [2.05, 4.69) is 5.32 Å². The van der Waals surface area contributed by atoms with Crippen molar-refractivity contribution in [3.63, 3.8) is 0 Å². The number of ether oxygens (including phenoxy) is 1. The molecule has 1 aliphatic carbocycles. The SMILES string of the molecule is COc1ccc(C(=O)C2CCc3c(ccc(O)c3NC(=O)Cc3cccc(C(C)(C)F)c3C)C2)cc1. The number of methoxy groups -OCH3 is 1. The van der Waals surface area contributed by atoms with Crippen molar-refractivity contribution in [2.75, 3.05) is 12.4 Å². The molecule has 0 radical (unpaired) electrons. The second-order valence-corrected chi connectivity index (χ2v) is 9.92. The first kappa shape index (κ1) is 25.4. The summed E-state index contributed by atoms with van der Waals surface area (Å²) in [4.78, 5) is 26.0. The van der Waals surface area contributed by atoms with Crippen molar-refractivity contribution >= 4 is 17.4 Å². The van der Waals surface area contributed by atoms with Gasteiger partial charge in [-0.15, -0.1) is 0 Å². The smallest absolute Gasteiger partial charge is 0.228 e. The van der Waals surface area contributed by atoms with E-state index in [9.17, 15) is 19.1 Å². The van der Waals surface area contributed by atoms with Gasteiger partial charge in [0.15, 0.2) is 5.78 Å². The number of anilines is 1. The molecule has 5 nitrogen and oxygen atoms in total. The zero-order chi connectivity index (χ0) is 26.0. The van der Waals surface area contributed by atoms with Gasteiger partial charge in [0.25, 0.3) is 0 Å². The lowest BCUT2D eigenvalue weighted by Gasteiger charge is -2.26. The molecule has 0 aliphatic heterocycles. The fourth-order valence-electron chi connectivity index (χ4n) is 5.07. The molecule has 4 rings (SSSR count). The number of phenols is 1. The van der Waals surface area contributed by atoms with Gasteiger partial charge in [-0.3, -0.25) is 9.59 Å². The molecule has 36 heavy (non-hydrogen) atoms. The van der Waals surface area contributed by atoms with E-state index in [1.165, 1.54) is 13.8 Å². The molecule has 1 amide bonds. The molecule has 1 atom stereocenters.